The maximum absolute atomic E-state index is 13.4. The lowest BCUT2D eigenvalue weighted by atomic mass is 9.69. The minimum Gasteiger partial charge on any atom is -0.476 e. The lowest BCUT2D eigenvalue weighted by molar-refractivity contribution is -0.259. The number of carbonyl (C=O) groups is 1. The van der Waals surface area contributed by atoms with Crippen LogP contribution in [0.5, 0.6) is 5.88 Å². The fourth-order valence-electron chi connectivity index (χ4n) is 5.19. The standard InChI is InChI=1S/C22H28F3N5O2Si/c1-20(2)10-14-15(33-14)11-29(20)19-13(18(26)31)4-5-16(27-19)30-9-6-17(28-30)32-12-21(7-3-8-21)22(23,24)25/h4-6,9,14-15H,3,7-8,10-12,33H2,1-2H3,(H2,26,31). The zero-order valence-corrected chi connectivity index (χ0v) is 20.1. The summed E-state index contributed by atoms with van der Waals surface area (Å²) in [5.41, 5.74) is 5.67. The third-order valence-corrected chi connectivity index (χ3v) is 9.92. The minimum absolute atomic E-state index is 0.0621. The van der Waals surface area contributed by atoms with E-state index in [1.165, 1.54) is 10.7 Å². The number of nitrogens with zero attached hydrogens (tertiary/aromatic N) is 4. The molecule has 2 unspecified atom stereocenters. The largest absolute Gasteiger partial charge is 0.476 e. The van der Waals surface area contributed by atoms with Crippen LogP contribution in [0.3, 0.4) is 0 Å². The zero-order chi connectivity index (χ0) is 23.6. The number of hydrogen-bond acceptors (Lipinski definition) is 5. The van der Waals surface area contributed by atoms with Crippen molar-refractivity contribution in [2.45, 2.75) is 62.3 Å². The Hall–Kier alpha value is -2.56. The fourth-order valence-corrected chi connectivity index (χ4v) is 7.41. The molecule has 178 valence electrons. The quantitative estimate of drug-likeness (QED) is 0.643. The lowest BCUT2D eigenvalue weighted by Gasteiger charge is -2.44. The van der Waals surface area contributed by atoms with Crippen LogP contribution in [0.2, 0.25) is 11.1 Å². The Morgan fingerprint density at radius 1 is 1.27 bits per heavy atom. The van der Waals surface area contributed by atoms with Gasteiger partial charge in [-0.05, 0) is 56.3 Å². The van der Waals surface area contributed by atoms with Gasteiger partial charge in [0, 0.05) is 33.9 Å². The number of nitrogens with two attached hydrogens (primary N) is 1. The van der Waals surface area contributed by atoms with Crippen LogP contribution < -0.4 is 15.4 Å². The first-order chi connectivity index (χ1) is 15.5. The van der Waals surface area contributed by atoms with Gasteiger partial charge >= 0.3 is 6.18 Å². The Bertz CT molecular complexity index is 1080. The van der Waals surface area contributed by atoms with Crippen molar-refractivity contribution in [3.63, 3.8) is 0 Å². The number of ether oxygens (including phenoxy) is 1. The molecule has 0 aromatic carbocycles. The molecule has 3 fully saturated rings. The van der Waals surface area contributed by atoms with Gasteiger partial charge in [0.25, 0.3) is 5.91 Å². The molecule has 3 aliphatic rings. The summed E-state index contributed by atoms with van der Waals surface area (Å²) in [6, 6.07) is 4.80. The number of aromatic nitrogens is 3. The molecule has 7 nitrogen and oxygen atoms in total. The van der Waals surface area contributed by atoms with E-state index in [1.807, 2.05) is 0 Å². The first-order valence-electron chi connectivity index (χ1n) is 11.3. The SMILES string of the molecule is CC1(C)CC2[SiH2]C2CN1c1nc(-n2ccc(OCC3(C(F)(F)F)CCC3)n2)ccc1C(N)=O. The normalized spacial score (nSPS) is 25.9. The topological polar surface area (TPSA) is 86.3 Å². The minimum atomic E-state index is -4.29. The van der Waals surface area contributed by atoms with Gasteiger partial charge in [-0.2, -0.15) is 13.2 Å². The van der Waals surface area contributed by atoms with Crippen molar-refractivity contribution < 1.29 is 22.7 Å². The highest BCUT2D eigenvalue weighted by Crippen LogP contribution is 2.54. The van der Waals surface area contributed by atoms with Gasteiger partial charge in [-0.3, -0.25) is 4.79 Å². The van der Waals surface area contributed by atoms with Gasteiger partial charge in [0.1, 0.15) is 17.8 Å². The van der Waals surface area contributed by atoms with Crippen LogP contribution in [0.15, 0.2) is 24.4 Å². The van der Waals surface area contributed by atoms with Crippen LogP contribution in [0.4, 0.5) is 19.0 Å². The molecule has 1 aliphatic carbocycles. The predicted molar refractivity (Wildman–Crippen MR) is 120 cm³/mol. The Labute approximate surface area is 192 Å². The van der Waals surface area contributed by atoms with E-state index in [-0.39, 0.29) is 33.8 Å². The predicted octanol–water partition coefficient (Wildman–Crippen LogP) is 3.23. The number of fused-ring (bicyclic) bond motifs is 1. The molecule has 0 spiro atoms. The third-order valence-electron chi connectivity index (χ3n) is 7.57. The van der Waals surface area contributed by atoms with Crippen LogP contribution in [0.25, 0.3) is 5.82 Å². The maximum atomic E-state index is 13.4. The smallest absolute Gasteiger partial charge is 0.397 e. The van der Waals surface area contributed by atoms with E-state index in [0.29, 0.717) is 23.6 Å². The molecule has 2 atom stereocenters. The number of hydrogen-bond donors (Lipinski definition) is 1. The molecule has 4 heterocycles. The second-order valence-corrected chi connectivity index (χ2v) is 12.9. The van der Waals surface area contributed by atoms with E-state index in [0.717, 1.165) is 24.0 Å². The van der Waals surface area contributed by atoms with Gasteiger partial charge in [-0.1, -0.05) is 6.42 Å². The number of amides is 1. The third kappa shape index (κ3) is 3.89. The van der Waals surface area contributed by atoms with Crippen molar-refractivity contribution in [3.05, 3.63) is 30.0 Å². The van der Waals surface area contributed by atoms with E-state index in [4.69, 9.17) is 15.5 Å². The number of rotatable bonds is 6. The average Bonchev–Trinajstić information content (AvgIpc) is 3.25. The summed E-state index contributed by atoms with van der Waals surface area (Å²) < 4.78 is 47.1. The number of alkyl halides is 3. The van der Waals surface area contributed by atoms with Crippen molar-refractivity contribution in [2.24, 2.45) is 11.1 Å². The van der Waals surface area contributed by atoms with E-state index in [9.17, 15) is 18.0 Å². The van der Waals surface area contributed by atoms with E-state index >= 15 is 0 Å². The Morgan fingerprint density at radius 3 is 2.67 bits per heavy atom. The molecular weight excluding hydrogens is 451 g/mol. The molecule has 1 saturated carbocycles. The van der Waals surface area contributed by atoms with Crippen LogP contribution in [0.1, 0.15) is 49.9 Å². The molecule has 2 saturated heterocycles. The summed E-state index contributed by atoms with van der Waals surface area (Å²) in [6.45, 7) is 4.74. The first-order valence-corrected chi connectivity index (χ1v) is 13.0. The summed E-state index contributed by atoms with van der Waals surface area (Å²) in [5, 5.41) is 4.28. The first kappa shape index (κ1) is 22.2. The summed E-state index contributed by atoms with van der Waals surface area (Å²) in [7, 11) is -0.0621. The molecule has 0 radical (unpaired) electrons. The lowest BCUT2D eigenvalue weighted by Crippen LogP contribution is -2.48. The molecule has 33 heavy (non-hydrogen) atoms. The highest BCUT2D eigenvalue weighted by molar-refractivity contribution is 6.54. The molecule has 2 aromatic rings. The monoisotopic (exact) mass is 479 g/mol. The summed E-state index contributed by atoms with van der Waals surface area (Å²) in [5.74, 6) is 0.549. The molecule has 1 amide bonds. The molecule has 0 bridgehead atoms. The van der Waals surface area contributed by atoms with Gasteiger partial charge in [0.05, 0.1) is 5.56 Å². The fraction of sp³-hybridized carbons (Fsp3) is 0.591. The van der Waals surface area contributed by atoms with E-state index in [1.54, 1.807) is 18.3 Å². The van der Waals surface area contributed by atoms with Crippen LogP contribution >= 0.6 is 0 Å². The number of pyridine rings is 1. The molecule has 2 N–H and O–H groups in total. The van der Waals surface area contributed by atoms with Gasteiger partial charge in [0.15, 0.2) is 5.82 Å². The molecule has 5 rings (SSSR count). The number of carbonyl (C=O) groups excluding carboxylic acids is 1. The number of anilines is 1. The number of piperidine rings is 1. The molecule has 2 aliphatic heterocycles. The highest BCUT2D eigenvalue weighted by atomic mass is 28.2. The summed E-state index contributed by atoms with van der Waals surface area (Å²) >= 11 is 0. The second-order valence-electron chi connectivity index (χ2n) is 10.3. The second kappa shape index (κ2) is 7.47. The van der Waals surface area contributed by atoms with Crippen molar-refractivity contribution in [2.75, 3.05) is 18.1 Å². The Morgan fingerprint density at radius 2 is 2.03 bits per heavy atom. The number of primary amides is 1. The van der Waals surface area contributed by atoms with Crippen molar-refractivity contribution >= 4 is 21.2 Å². The maximum Gasteiger partial charge on any atom is 0.397 e. The van der Waals surface area contributed by atoms with Gasteiger partial charge in [-0.15, -0.1) is 5.10 Å². The van der Waals surface area contributed by atoms with E-state index in [2.05, 4.69) is 23.8 Å². The molecular formula is C22H28F3N5O2Si. The van der Waals surface area contributed by atoms with Gasteiger partial charge < -0.3 is 15.4 Å². The zero-order valence-electron chi connectivity index (χ0n) is 18.7. The molecule has 2 aromatic heterocycles. The van der Waals surface area contributed by atoms with Crippen LogP contribution in [-0.2, 0) is 0 Å². The average molecular weight is 480 g/mol. The van der Waals surface area contributed by atoms with Gasteiger partial charge in [-0.25, -0.2) is 9.67 Å². The number of halogens is 3. The molecule has 11 heteroatoms. The highest BCUT2D eigenvalue weighted by Gasteiger charge is 2.59. The Balaban J connectivity index is 1.40. The van der Waals surface area contributed by atoms with E-state index < -0.39 is 24.1 Å². The summed E-state index contributed by atoms with van der Waals surface area (Å²) in [6.07, 6.45) is -0.918. The van der Waals surface area contributed by atoms with Crippen LogP contribution in [0, 0.1) is 5.41 Å². The van der Waals surface area contributed by atoms with Crippen molar-refractivity contribution in [3.8, 4) is 11.7 Å². The van der Waals surface area contributed by atoms with Crippen LogP contribution in [-0.4, -0.2) is 55.1 Å². The summed E-state index contributed by atoms with van der Waals surface area (Å²) in [4.78, 5) is 19.1. The van der Waals surface area contributed by atoms with Crippen molar-refractivity contribution in [1.82, 2.24) is 14.8 Å². The van der Waals surface area contributed by atoms with Gasteiger partial charge in [0.2, 0.25) is 5.88 Å². The Kier molecular flexibility index (Phi) is 5.04. The van der Waals surface area contributed by atoms with Crippen molar-refractivity contribution in [1.29, 1.82) is 0 Å².